The van der Waals surface area contributed by atoms with Gasteiger partial charge in [0, 0.05) is 12.1 Å². The lowest BCUT2D eigenvalue weighted by Crippen LogP contribution is -2.25. The number of carboxylic acids is 1. The van der Waals surface area contributed by atoms with Crippen LogP contribution in [0.3, 0.4) is 0 Å². The third kappa shape index (κ3) is 7.47. The molecule has 5 nitrogen and oxygen atoms in total. The Hall–Kier alpha value is -2.30. The van der Waals surface area contributed by atoms with Crippen LogP contribution >= 0.6 is 0 Å². The highest BCUT2D eigenvalue weighted by atomic mass is 16.5. The minimum atomic E-state index is -0.902. The normalized spacial score (nSPS) is 11.3. The Bertz CT molecular complexity index is 509. The summed E-state index contributed by atoms with van der Waals surface area (Å²) < 4.78 is 5.06. The van der Waals surface area contributed by atoms with Gasteiger partial charge in [0.1, 0.15) is 6.61 Å². The molecule has 5 heteroatoms. The Morgan fingerprint density at radius 3 is 2.55 bits per heavy atom. The molecule has 0 aliphatic heterocycles. The van der Waals surface area contributed by atoms with Crippen LogP contribution in [-0.2, 0) is 16.1 Å². The zero-order valence-electron chi connectivity index (χ0n) is 13.0. The van der Waals surface area contributed by atoms with Crippen molar-refractivity contribution in [3.8, 4) is 0 Å². The van der Waals surface area contributed by atoms with Crippen molar-refractivity contribution >= 4 is 12.1 Å². The number of aliphatic carboxylic acids is 1. The first-order chi connectivity index (χ1) is 10.5. The van der Waals surface area contributed by atoms with Crippen molar-refractivity contribution in [2.75, 3.05) is 6.54 Å². The van der Waals surface area contributed by atoms with Gasteiger partial charge in [-0.1, -0.05) is 50.3 Å². The van der Waals surface area contributed by atoms with Crippen LogP contribution in [0.2, 0.25) is 0 Å². The summed E-state index contributed by atoms with van der Waals surface area (Å²) in [6.45, 7) is 4.50. The molecule has 1 aromatic rings. The second-order valence-electron chi connectivity index (χ2n) is 5.41. The summed E-state index contributed by atoms with van der Waals surface area (Å²) in [6, 6.07) is 9.41. The molecular weight excluding hydrogens is 282 g/mol. The van der Waals surface area contributed by atoms with E-state index in [-0.39, 0.29) is 12.5 Å². The fourth-order valence-corrected chi connectivity index (χ4v) is 1.89. The summed E-state index contributed by atoms with van der Waals surface area (Å²) in [5.41, 5.74) is 1.30. The highest BCUT2D eigenvalue weighted by Crippen LogP contribution is 2.11. The monoisotopic (exact) mass is 305 g/mol. The van der Waals surface area contributed by atoms with E-state index in [4.69, 9.17) is 9.84 Å². The predicted molar refractivity (Wildman–Crippen MR) is 84.4 cm³/mol. The third-order valence-electron chi connectivity index (χ3n) is 2.92. The van der Waals surface area contributed by atoms with E-state index in [9.17, 15) is 9.59 Å². The van der Waals surface area contributed by atoms with Crippen molar-refractivity contribution < 1.29 is 19.4 Å². The van der Waals surface area contributed by atoms with Gasteiger partial charge in [-0.25, -0.2) is 9.59 Å². The Labute approximate surface area is 131 Å². The lowest BCUT2D eigenvalue weighted by molar-refractivity contribution is -0.132. The summed E-state index contributed by atoms with van der Waals surface area (Å²) >= 11 is 0. The number of hydrogen-bond donors (Lipinski definition) is 2. The molecule has 0 atom stereocenters. The molecule has 1 rings (SSSR count). The average molecular weight is 305 g/mol. The number of hydrogen-bond acceptors (Lipinski definition) is 3. The van der Waals surface area contributed by atoms with Crippen molar-refractivity contribution in [3.63, 3.8) is 0 Å². The summed E-state index contributed by atoms with van der Waals surface area (Å²) in [6.07, 6.45) is 2.14. The SMILES string of the molecule is CC(C)C/C(=C/CCNC(=O)OCc1ccccc1)C(=O)O. The number of benzene rings is 1. The van der Waals surface area contributed by atoms with E-state index in [0.717, 1.165) is 5.56 Å². The summed E-state index contributed by atoms with van der Waals surface area (Å²) in [4.78, 5) is 22.5. The third-order valence-corrected chi connectivity index (χ3v) is 2.92. The second-order valence-corrected chi connectivity index (χ2v) is 5.41. The van der Waals surface area contributed by atoms with Gasteiger partial charge in [0.2, 0.25) is 0 Å². The van der Waals surface area contributed by atoms with Crippen LogP contribution < -0.4 is 5.32 Å². The molecule has 0 aromatic heterocycles. The van der Waals surface area contributed by atoms with Gasteiger partial charge >= 0.3 is 12.1 Å². The van der Waals surface area contributed by atoms with Crippen LogP contribution in [0, 0.1) is 5.92 Å². The van der Waals surface area contributed by atoms with E-state index < -0.39 is 12.1 Å². The molecule has 1 amide bonds. The summed E-state index contributed by atoms with van der Waals surface area (Å²) in [5.74, 6) is -0.619. The van der Waals surface area contributed by atoms with Gasteiger partial charge in [0.15, 0.2) is 0 Å². The van der Waals surface area contributed by atoms with Crippen LogP contribution in [0.5, 0.6) is 0 Å². The van der Waals surface area contributed by atoms with Crippen molar-refractivity contribution in [2.45, 2.75) is 33.3 Å². The standard InChI is InChI=1S/C17H23NO4/c1-13(2)11-15(16(19)20)9-6-10-18-17(21)22-12-14-7-4-3-5-8-14/h3-5,7-9,13H,6,10-12H2,1-2H3,(H,18,21)(H,19,20)/b15-9-. The number of nitrogens with one attached hydrogen (secondary N) is 1. The minimum Gasteiger partial charge on any atom is -0.478 e. The zero-order valence-corrected chi connectivity index (χ0v) is 13.0. The largest absolute Gasteiger partial charge is 0.478 e. The lowest BCUT2D eigenvalue weighted by atomic mass is 10.0. The first-order valence-corrected chi connectivity index (χ1v) is 7.36. The quantitative estimate of drug-likeness (QED) is 0.570. The Morgan fingerprint density at radius 2 is 1.95 bits per heavy atom. The maximum atomic E-state index is 11.5. The zero-order chi connectivity index (χ0) is 16.4. The fourth-order valence-electron chi connectivity index (χ4n) is 1.89. The highest BCUT2D eigenvalue weighted by molar-refractivity contribution is 5.86. The van der Waals surface area contributed by atoms with E-state index in [2.05, 4.69) is 5.32 Å². The molecule has 120 valence electrons. The lowest BCUT2D eigenvalue weighted by Gasteiger charge is -2.07. The van der Waals surface area contributed by atoms with Crippen LogP contribution in [0.1, 0.15) is 32.3 Å². The van der Waals surface area contributed by atoms with Crippen LogP contribution in [0.25, 0.3) is 0 Å². The molecule has 0 fully saturated rings. The van der Waals surface area contributed by atoms with Crippen molar-refractivity contribution in [2.24, 2.45) is 5.92 Å². The fraction of sp³-hybridized carbons (Fsp3) is 0.412. The summed E-state index contributed by atoms with van der Waals surface area (Å²) in [7, 11) is 0. The Morgan fingerprint density at radius 1 is 1.27 bits per heavy atom. The number of carboxylic acid groups (broad SMARTS) is 1. The van der Waals surface area contributed by atoms with Crippen LogP contribution in [0.4, 0.5) is 4.79 Å². The second kappa shape index (κ2) is 9.60. The van der Waals surface area contributed by atoms with Crippen LogP contribution in [-0.4, -0.2) is 23.7 Å². The van der Waals surface area contributed by atoms with Gasteiger partial charge in [0.05, 0.1) is 0 Å². The van der Waals surface area contributed by atoms with E-state index in [1.54, 1.807) is 6.08 Å². The maximum Gasteiger partial charge on any atom is 0.407 e. The van der Waals surface area contributed by atoms with Gasteiger partial charge in [-0.05, 0) is 24.3 Å². The number of rotatable bonds is 8. The van der Waals surface area contributed by atoms with E-state index in [0.29, 0.717) is 25.0 Å². The first kappa shape index (κ1) is 17.8. The topological polar surface area (TPSA) is 75.6 Å². The van der Waals surface area contributed by atoms with E-state index in [1.165, 1.54) is 0 Å². The Kier molecular flexibility index (Phi) is 7.75. The number of ether oxygens (including phenoxy) is 1. The first-order valence-electron chi connectivity index (χ1n) is 7.36. The molecule has 1 aromatic carbocycles. The molecular formula is C17H23NO4. The summed E-state index contributed by atoms with van der Waals surface area (Å²) in [5, 5.41) is 11.7. The molecule has 0 unspecified atom stereocenters. The van der Waals surface area contributed by atoms with Gasteiger partial charge < -0.3 is 15.2 Å². The molecule has 0 aliphatic carbocycles. The number of alkyl carbamates (subject to hydrolysis) is 1. The van der Waals surface area contributed by atoms with E-state index >= 15 is 0 Å². The molecule has 0 saturated heterocycles. The predicted octanol–water partition coefficient (Wildman–Crippen LogP) is 3.36. The highest BCUT2D eigenvalue weighted by Gasteiger charge is 2.09. The molecule has 0 bridgehead atoms. The van der Waals surface area contributed by atoms with Crippen molar-refractivity contribution in [1.82, 2.24) is 5.32 Å². The number of carbonyl (C=O) groups excluding carboxylic acids is 1. The molecule has 0 radical (unpaired) electrons. The maximum absolute atomic E-state index is 11.5. The van der Waals surface area contributed by atoms with Gasteiger partial charge in [-0.15, -0.1) is 0 Å². The number of amides is 1. The smallest absolute Gasteiger partial charge is 0.407 e. The van der Waals surface area contributed by atoms with Gasteiger partial charge in [-0.3, -0.25) is 0 Å². The van der Waals surface area contributed by atoms with Crippen molar-refractivity contribution in [1.29, 1.82) is 0 Å². The van der Waals surface area contributed by atoms with E-state index in [1.807, 2.05) is 44.2 Å². The van der Waals surface area contributed by atoms with Crippen LogP contribution in [0.15, 0.2) is 42.0 Å². The molecule has 0 spiro atoms. The molecule has 22 heavy (non-hydrogen) atoms. The van der Waals surface area contributed by atoms with Crippen molar-refractivity contribution in [3.05, 3.63) is 47.5 Å². The molecule has 2 N–H and O–H groups in total. The average Bonchev–Trinajstić information content (AvgIpc) is 2.48. The molecule has 0 saturated carbocycles. The van der Waals surface area contributed by atoms with Gasteiger partial charge in [-0.2, -0.15) is 0 Å². The number of carbonyl (C=O) groups is 2. The molecule has 0 heterocycles. The molecule has 0 aliphatic rings. The minimum absolute atomic E-state index is 0.218. The Balaban J connectivity index is 2.27. The van der Waals surface area contributed by atoms with Gasteiger partial charge in [0.25, 0.3) is 0 Å².